The van der Waals surface area contributed by atoms with E-state index in [1.807, 2.05) is 41.8 Å². The summed E-state index contributed by atoms with van der Waals surface area (Å²) >= 11 is 8.05. The van der Waals surface area contributed by atoms with Gasteiger partial charge in [0.2, 0.25) is 5.91 Å². The van der Waals surface area contributed by atoms with E-state index < -0.39 is 11.9 Å². The minimum Gasteiger partial charge on any atom is -0.465 e. The Morgan fingerprint density at radius 3 is 2.72 bits per heavy atom. The number of ether oxygens (including phenoxy) is 2. The van der Waals surface area contributed by atoms with Gasteiger partial charge in [-0.3, -0.25) is 19.1 Å². The second-order valence-corrected chi connectivity index (χ2v) is 10.0. The number of hydrogen-bond donors (Lipinski definition) is 0. The van der Waals surface area contributed by atoms with E-state index in [1.165, 1.54) is 11.3 Å². The number of hydrogen-bond acceptors (Lipinski definition) is 8. The lowest BCUT2D eigenvalue weighted by Crippen LogP contribution is -2.46. The lowest BCUT2D eigenvalue weighted by molar-refractivity contribution is -0.157. The highest BCUT2D eigenvalue weighted by Crippen LogP contribution is 2.35. The normalized spacial score (nSPS) is 16.0. The first kappa shape index (κ1) is 24.6. The van der Waals surface area contributed by atoms with E-state index in [0.29, 0.717) is 37.9 Å². The molecule has 1 atom stereocenters. The van der Waals surface area contributed by atoms with Gasteiger partial charge in [0.15, 0.2) is 5.82 Å². The van der Waals surface area contributed by atoms with Crippen molar-refractivity contribution in [3.8, 4) is 5.00 Å². The molecule has 11 heteroatoms. The van der Waals surface area contributed by atoms with Crippen LogP contribution in [0.2, 0.25) is 5.02 Å². The van der Waals surface area contributed by atoms with Crippen LogP contribution >= 0.6 is 22.9 Å². The number of amides is 1. The van der Waals surface area contributed by atoms with Crippen molar-refractivity contribution in [3.05, 3.63) is 63.0 Å². The average Bonchev–Trinajstić information content (AvgIpc) is 3.42. The number of thiophene rings is 1. The van der Waals surface area contributed by atoms with E-state index in [4.69, 9.17) is 26.1 Å². The summed E-state index contributed by atoms with van der Waals surface area (Å²) < 4.78 is 12.7. The van der Waals surface area contributed by atoms with Crippen LogP contribution in [0.3, 0.4) is 0 Å². The predicted octanol–water partition coefficient (Wildman–Crippen LogP) is 3.22. The standard InChI is InChI=1S/C25H26ClN5O4S/c1-3-35-25(33)19(23(32)30-8-10-34-11-9-30)13-16-12-18-22(17-6-4-5-7-20(17)26)27-14-21-29-28-15(2)31(21)24(18)36-16/h4-7,12,19H,3,8-11,13-14H2,1-2H3. The van der Waals surface area contributed by atoms with Gasteiger partial charge in [0, 0.05) is 40.5 Å². The number of esters is 1. The molecule has 0 aliphatic carbocycles. The van der Waals surface area contributed by atoms with Gasteiger partial charge in [-0.25, -0.2) is 0 Å². The summed E-state index contributed by atoms with van der Waals surface area (Å²) in [4.78, 5) is 33.7. The Morgan fingerprint density at radius 2 is 1.97 bits per heavy atom. The van der Waals surface area contributed by atoms with Crippen LogP contribution in [-0.4, -0.2) is 70.2 Å². The summed E-state index contributed by atoms with van der Waals surface area (Å²) in [5.74, 6) is -0.232. The smallest absolute Gasteiger partial charge is 0.318 e. The highest BCUT2D eigenvalue weighted by atomic mass is 35.5. The number of carbonyl (C=O) groups excluding carboxylic acids is 2. The van der Waals surface area contributed by atoms with Crippen LogP contribution in [-0.2, 0) is 32.0 Å². The Balaban J connectivity index is 1.56. The van der Waals surface area contributed by atoms with E-state index in [-0.39, 0.29) is 18.9 Å². The third-order valence-corrected chi connectivity index (χ3v) is 7.69. The molecule has 2 aromatic heterocycles. The molecule has 0 spiro atoms. The Labute approximate surface area is 217 Å². The second-order valence-electron chi connectivity index (χ2n) is 8.52. The lowest BCUT2D eigenvalue weighted by atomic mass is 10.00. The summed E-state index contributed by atoms with van der Waals surface area (Å²) in [7, 11) is 0. The van der Waals surface area contributed by atoms with E-state index in [2.05, 4.69) is 10.2 Å². The molecule has 1 aromatic carbocycles. The Morgan fingerprint density at radius 1 is 1.19 bits per heavy atom. The number of nitrogens with zero attached hydrogens (tertiary/aromatic N) is 5. The molecular weight excluding hydrogens is 502 g/mol. The van der Waals surface area contributed by atoms with Crippen molar-refractivity contribution in [1.82, 2.24) is 19.7 Å². The van der Waals surface area contributed by atoms with Crippen LogP contribution in [0.5, 0.6) is 0 Å². The van der Waals surface area contributed by atoms with E-state index in [1.54, 1.807) is 11.8 Å². The molecule has 2 aliphatic rings. The molecule has 9 nitrogen and oxygen atoms in total. The molecule has 3 aromatic rings. The molecule has 188 valence electrons. The molecule has 36 heavy (non-hydrogen) atoms. The highest BCUT2D eigenvalue weighted by Gasteiger charge is 2.34. The van der Waals surface area contributed by atoms with Crippen molar-refractivity contribution in [1.29, 1.82) is 0 Å². The van der Waals surface area contributed by atoms with E-state index >= 15 is 0 Å². The molecule has 1 saturated heterocycles. The minimum atomic E-state index is -0.937. The van der Waals surface area contributed by atoms with Gasteiger partial charge in [-0.1, -0.05) is 29.8 Å². The fourth-order valence-corrected chi connectivity index (χ4v) is 5.97. The molecule has 0 bridgehead atoms. The maximum atomic E-state index is 13.4. The monoisotopic (exact) mass is 527 g/mol. The first-order valence-corrected chi connectivity index (χ1v) is 13.0. The number of aliphatic imine (C=N–C) groups is 1. The summed E-state index contributed by atoms with van der Waals surface area (Å²) in [6, 6.07) is 9.56. The SMILES string of the molecule is CCOC(=O)C(Cc1cc2c(s1)-n1c(C)nnc1CN=C2c1ccccc1Cl)C(=O)N1CCOCC1. The Kier molecular flexibility index (Phi) is 7.17. The molecule has 1 unspecified atom stereocenters. The predicted molar refractivity (Wildman–Crippen MR) is 136 cm³/mol. The average molecular weight is 528 g/mol. The molecule has 1 fully saturated rings. The molecule has 1 amide bonds. The number of carbonyl (C=O) groups is 2. The molecule has 4 heterocycles. The van der Waals surface area contributed by atoms with Crippen molar-refractivity contribution < 1.29 is 19.1 Å². The maximum Gasteiger partial charge on any atom is 0.318 e. The largest absolute Gasteiger partial charge is 0.465 e. The molecular formula is C25H26ClN5O4S. The lowest BCUT2D eigenvalue weighted by Gasteiger charge is -2.29. The van der Waals surface area contributed by atoms with Gasteiger partial charge in [0.25, 0.3) is 0 Å². The van der Waals surface area contributed by atoms with Crippen LogP contribution in [0.25, 0.3) is 5.00 Å². The Bertz CT molecular complexity index is 1330. The zero-order valence-electron chi connectivity index (χ0n) is 20.1. The fraction of sp³-hybridized carbons (Fsp3) is 0.400. The van der Waals surface area contributed by atoms with Crippen LogP contribution in [0.15, 0.2) is 35.3 Å². The van der Waals surface area contributed by atoms with Crippen molar-refractivity contribution in [2.75, 3.05) is 32.9 Å². The first-order valence-electron chi connectivity index (χ1n) is 11.8. The summed E-state index contributed by atoms with van der Waals surface area (Å²) in [5, 5.41) is 10.0. The number of halogens is 1. The van der Waals surface area contributed by atoms with Gasteiger partial charge in [0.05, 0.1) is 25.5 Å². The first-order chi connectivity index (χ1) is 17.5. The topological polar surface area (TPSA) is 98.9 Å². The number of rotatable bonds is 6. The molecule has 0 saturated carbocycles. The van der Waals surface area contributed by atoms with Gasteiger partial charge in [-0.2, -0.15) is 0 Å². The van der Waals surface area contributed by atoms with Gasteiger partial charge in [-0.05, 0) is 26.0 Å². The number of morpholine rings is 1. The molecule has 0 radical (unpaired) electrons. The number of aromatic nitrogens is 3. The van der Waals surface area contributed by atoms with Crippen molar-refractivity contribution in [2.45, 2.75) is 26.8 Å². The van der Waals surface area contributed by atoms with Gasteiger partial charge < -0.3 is 14.4 Å². The third kappa shape index (κ3) is 4.68. The fourth-order valence-electron chi connectivity index (χ4n) is 4.48. The van der Waals surface area contributed by atoms with Crippen LogP contribution in [0, 0.1) is 12.8 Å². The van der Waals surface area contributed by atoms with Gasteiger partial charge in [0.1, 0.15) is 23.3 Å². The molecule has 2 aliphatic heterocycles. The number of fused-ring (bicyclic) bond motifs is 3. The second kappa shape index (κ2) is 10.5. The van der Waals surface area contributed by atoms with Crippen molar-refractivity contribution in [3.63, 3.8) is 0 Å². The van der Waals surface area contributed by atoms with Gasteiger partial charge in [-0.15, -0.1) is 21.5 Å². The summed E-state index contributed by atoms with van der Waals surface area (Å²) in [6.45, 7) is 6.04. The van der Waals surface area contributed by atoms with Crippen LogP contribution < -0.4 is 0 Å². The quantitative estimate of drug-likeness (QED) is 0.360. The zero-order valence-corrected chi connectivity index (χ0v) is 21.6. The number of aryl methyl sites for hydroxylation is 1. The Hall–Kier alpha value is -3.08. The third-order valence-electron chi connectivity index (χ3n) is 6.22. The highest BCUT2D eigenvalue weighted by molar-refractivity contribution is 7.15. The van der Waals surface area contributed by atoms with Crippen molar-refractivity contribution >= 4 is 40.5 Å². The molecule has 0 N–H and O–H groups in total. The summed E-state index contributed by atoms with van der Waals surface area (Å²) in [5.41, 5.74) is 2.42. The van der Waals surface area contributed by atoms with Crippen LogP contribution in [0.4, 0.5) is 0 Å². The number of benzene rings is 1. The molecule has 5 rings (SSSR count). The van der Waals surface area contributed by atoms with E-state index in [0.717, 1.165) is 38.4 Å². The minimum absolute atomic E-state index is 0.208. The van der Waals surface area contributed by atoms with Gasteiger partial charge >= 0.3 is 5.97 Å². The zero-order chi connectivity index (χ0) is 25.2. The van der Waals surface area contributed by atoms with E-state index in [9.17, 15) is 9.59 Å². The maximum absolute atomic E-state index is 13.4. The van der Waals surface area contributed by atoms with Crippen LogP contribution in [0.1, 0.15) is 34.6 Å². The van der Waals surface area contributed by atoms with Crippen molar-refractivity contribution in [2.24, 2.45) is 10.9 Å². The summed E-state index contributed by atoms with van der Waals surface area (Å²) in [6.07, 6.45) is 0.221.